The molecule has 1 amide bonds. The lowest BCUT2D eigenvalue weighted by atomic mass is 10.3. The van der Waals surface area contributed by atoms with Crippen molar-refractivity contribution in [1.29, 1.82) is 0 Å². The molecule has 1 aromatic carbocycles. The topological polar surface area (TPSA) is 38.3 Å². The largest absolute Gasteiger partial charge is 0.489 e. The summed E-state index contributed by atoms with van der Waals surface area (Å²) in [5.74, 6) is 0.585. The van der Waals surface area contributed by atoms with Gasteiger partial charge in [0.2, 0.25) is 0 Å². The van der Waals surface area contributed by atoms with E-state index in [0.29, 0.717) is 6.54 Å². The van der Waals surface area contributed by atoms with Gasteiger partial charge in [0.1, 0.15) is 11.9 Å². The molecular formula is C13H15NO2. The Hall–Kier alpha value is -1.99. The molecule has 0 saturated carbocycles. The van der Waals surface area contributed by atoms with Gasteiger partial charge in [0.15, 0.2) is 0 Å². The summed E-state index contributed by atoms with van der Waals surface area (Å²) in [7, 11) is 0. The Labute approximate surface area is 95.4 Å². The van der Waals surface area contributed by atoms with Crippen molar-refractivity contribution in [2.45, 2.75) is 13.0 Å². The summed E-state index contributed by atoms with van der Waals surface area (Å²) in [6.45, 7) is 5.67. The van der Waals surface area contributed by atoms with E-state index in [1.165, 1.54) is 6.08 Å². The molecule has 0 heterocycles. The standard InChI is InChI=1S/C13H15NO2/c1-3-7-13(15)14-10-11(2)16-12-8-5-4-6-9-12/h4-9,11H,1,10H2,2H3,(H,14,15). The predicted molar refractivity (Wildman–Crippen MR) is 63.3 cm³/mol. The Kier molecular flexibility index (Phi) is 4.90. The molecule has 0 saturated heterocycles. The van der Waals surface area contributed by atoms with Crippen LogP contribution in [0.25, 0.3) is 0 Å². The van der Waals surface area contributed by atoms with Crippen molar-refractivity contribution in [1.82, 2.24) is 5.32 Å². The number of nitrogens with one attached hydrogen (secondary N) is 1. The highest BCUT2D eigenvalue weighted by molar-refractivity contribution is 5.87. The van der Waals surface area contributed by atoms with E-state index in [2.05, 4.69) is 17.6 Å². The number of hydrogen-bond acceptors (Lipinski definition) is 2. The summed E-state index contributed by atoms with van der Waals surface area (Å²) in [5.41, 5.74) is 2.41. The van der Waals surface area contributed by atoms with Crippen LogP contribution in [0.1, 0.15) is 6.92 Å². The van der Waals surface area contributed by atoms with E-state index in [1.807, 2.05) is 37.3 Å². The van der Waals surface area contributed by atoms with Gasteiger partial charge in [-0.05, 0) is 19.1 Å². The zero-order chi connectivity index (χ0) is 11.8. The maximum absolute atomic E-state index is 11.1. The van der Waals surface area contributed by atoms with Crippen LogP contribution in [0, 0.1) is 0 Å². The molecule has 1 unspecified atom stereocenters. The Morgan fingerprint density at radius 1 is 1.56 bits per heavy atom. The van der Waals surface area contributed by atoms with Gasteiger partial charge in [-0.15, -0.1) is 5.73 Å². The Morgan fingerprint density at radius 3 is 2.88 bits per heavy atom. The maximum Gasteiger partial charge on any atom is 0.251 e. The second kappa shape index (κ2) is 6.49. The molecule has 3 heteroatoms. The van der Waals surface area contributed by atoms with E-state index in [4.69, 9.17) is 4.74 Å². The van der Waals surface area contributed by atoms with Crippen LogP contribution in [0.5, 0.6) is 5.75 Å². The molecule has 1 aromatic rings. The lowest BCUT2D eigenvalue weighted by molar-refractivity contribution is -0.116. The second-order valence-electron chi connectivity index (χ2n) is 3.34. The molecule has 0 aliphatic carbocycles. The minimum atomic E-state index is -0.210. The highest BCUT2D eigenvalue weighted by Gasteiger charge is 2.04. The number of hydrogen-bond donors (Lipinski definition) is 1. The van der Waals surface area contributed by atoms with E-state index in [-0.39, 0.29) is 12.0 Å². The molecule has 0 aliphatic heterocycles. The molecule has 0 aromatic heterocycles. The number of rotatable bonds is 5. The molecule has 1 N–H and O–H groups in total. The predicted octanol–water partition coefficient (Wildman–Crippen LogP) is 1.91. The molecule has 3 nitrogen and oxygen atoms in total. The minimum absolute atomic E-state index is 0.0791. The van der Waals surface area contributed by atoms with Crippen molar-refractivity contribution in [2.24, 2.45) is 0 Å². The summed E-state index contributed by atoms with van der Waals surface area (Å²) in [6.07, 6.45) is 1.18. The summed E-state index contributed by atoms with van der Waals surface area (Å²) < 4.78 is 5.58. The van der Waals surface area contributed by atoms with Crippen molar-refractivity contribution >= 4 is 5.91 Å². The summed E-state index contributed by atoms with van der Waals surface area (Å²) >= 11 is 0. The molecule has 0 spiro atoms. The van der Waals surface area contributed by atoms with Gasteiger partial charge in [-0.2, -0.15) is 0 Å². The Bertz CT molecular complexity index is 380. The average molecular weight is 217 g/mol. The fourth-order valence-electron chi connectivity index (χ4n) is 1.16. The van der Waals surface area contributed by atoms with Gasteiger partial charge in [-0.3, -0.25) is 4.79 Å². The molecule has 0 radical (unpaired) electrons. The van der Waals surface area contributed by atoms with Gasteiger partial charge < -0.3 is 10.1 Å². The lowest BCUT2D eigenvalue weighted by Crippen LogP contribution is -2.32. The fourth-order valence-corrected chi connectivity index (χ4v) is 1.16. The van der Waals surface area contributed by atoms with Gasteiger partial charge in [0, 0.05) is 6.08 Å². The first-order valence-corrected chi connectivity index (χ1v) is 5.07. The van der Waals surface area contributed by atoms with Crippen LogP contribution >= 0.6 is 0 Å². The molecule has 1 atom stereocenters. The first kappa shape index (κ1) is 12.1. The molecule has 0 aliphatic rings. The maximum atomic E-state index is 11.1. The second-order valence-corrected chi connectivity index (χ2v) is 3.34. The zero-order valence-electron chi connectivity index (χ0n) is 9.27. The van der Waals surface area contributed by atoms with E-state index < -0.39 is 0 Å². The van der Waals surface area contributed by atoms with Crippen molar-refractivity contribution in [3.63, 3.8) is 0 Å². The van der Waals surface area contributed by atoms with E-state index in [9.17, 15) is 4.79 Å². The van der Waals surface area contributed by atoms with Crippen LogP contribution in [0.15, 0.2) is 48.7 Å². The van der Waals surface area contributed by atoms with Crippen molar-refractivity contribution in [2.75, 3.05) is 6.54 Å². The van der Waals surface area contributed by atoms with Crippen LogP contribution < -0.4 is 10.1 Å². The molecule has 84 valence electrons. The SMILES string of the molecule is C=C=CC(=O)NCC(C)Oc1ccccc1. The third kappa shape index (κ3) is 4.49. The Balaban J connectivity index is 2.34. The smallest absolute Gasteiger partial charge is 0.251 e. The first-order chi connectivity index (χ1) is 7.72. The fraction of sp³-hybridized carbons (Fsp3) is 0.231. The van der Waals surface area contributed by atoms with Crippen LogP contribution in [-0.4, -0.2) is 18.6 Å². The van der Waals surface area contributed by atoms with Crippen molar-refractivity contribution in [3.8, 4) is 5.75 Å². The number of amides is 1. The van der Waals surface area contributed by atoms with Gasteiger partial charge in [0.05, 0.1) is 6.54 Å². The van der Waals surface area contributed by atoms with E-state index in [1.54, 1.807) is 0 Å². The average Bonchev–Trinajstić information content (AvgIpc) is 2.28. The molecule has 1 rings (SSSR count). The number of para-hydroxylation sites is 1. The monoisotopic (exact) mass is 217 g/mol. The molecule has 0 fully saturated rings. The lowest BCUT2D eigenvalue weighted by Gasteiger charge is -2.14. The Morgan fingerprint density at radius 2 is 2.25 bits per heavy atom. The van der Waals surface area contributed by atoms with E-state index >= 15 is 0 Å². The van der Waals surface area contributed by atoms with Crippen LogP contribution in [0.2, 0.25) is 0 Å². The molecule has 0 bridgehead atoms. The van der Waals surface area contributed by atoms with Gasteiger partial charge in [0.25, 0.3) is 5.91 Å². The highest BCUT2D eigenvalue weighted by atomic mass is 16.5. The summed E-state index contributed by atoms with van der Waals surface area (Å²) in [4.78, 5) is 11.1. The third-order valence-corrected chi connectivity index (χ3v) is 1.88. The van der Waals surface area contributed by atoms with Crippen LogP contribution in [0.3, 0.4) is 0 Å². The quantitative estimate of drug-likeness (QED) is 0.604. The van der Waals surface area contributed by atoms with Crippen molar-refractivity contribution in [3.05, 3.63) is 48.7 Å². The number of benzene rings is 1. The minimum Gasteiger partial charge on any atom is -0.489 e. The first-order valence-electron chi connectivity index (χ1n) is 5.07. The summed E-state index contributed by atoms with van der Waals surface area (Å²) in [6, 6.07) is 9.49. The van der Waals surface area contributed by atoms with Gasteiger partial charge in [-0.1, -0.05) is 24.8 Å². The van der Waals surface area contributed by atoms with Gasteiger partial charge >= 0.3 is 0 Å². The molecular weight excluding hydrogens is 202 g/mol. The number of carbonyl (C=O) groups excluding carboxylic acids is 1. The summed E-state index contributed by atoms with van der Waals surface area (Å²) in [5, 5.41) is 2.68. The molecule has 16 heavy (non-hydrogen) atoms. The van der Waals surface area contributed by atoms with Crippen LogP contribution in [0.4, 0.5) is 0 Å². The van der Waals surface area contributed by atoms with E-state index in [0.717, 1.165) is 5.75 Å². The third-order valence-electron chi connectivity index (χ3n) is 1.88. The normalized spacial score (nSPS) is 11.1. The highest BCUT2D eigenvalue weighted by Crippen LogP contribution is 2.10. The zero-order valence-corrected chi connectivity index (χ0v) is 9.27. The van der Waals surface area contributed by atoms with Crippen molar-refractivity contribution < 1.29 is 9.53 Å². The number of ether oxygens (including phenoxy) is 1. The van der Waals surface area contributed by atoms with Crippen LogP contribution in [-0.2, 0) is 4.79 Å². The van der Waals surface area contributed by atoms with Gasteiger partial charge in [-0.25, -0.2) is 0 Å². The number of carbonyl (C=O) groups is 1.